The lowest BCUT2D eigenvalue weighted by atomic mass is 9.91. The summed E-state index contributed by atoms with van der Waals surface area (Å²) < 4.78 is 60.1. The van der Waals surface area contributed by atoms with Gasteiger partial charge in [-0.3, -0.25) is 4.57 Å². The molecule has 0 saturated carbocycles. The fourth-order valence-electron chi connectivity index (χ4n) is 7.87. The van der Waals surface area contributed by atoms with Crippen LogP contribution in [0.3, 0.4) is 0 Å². The lowest BCUT2D eigenvalue weighted by Gasteiger charge is -2.14. The Kier molecular flexibility index (Phi) is 6.12. The Labute approximate surface area is 327 Å². The Morgan fingerprint density at radius 2 is 1.16 bits per heavy atom. The first-order chi connectivity index (χ1) is 29.2. The third-order valence-electron chi connectivity index (χ3n) is 10.4. The molecule has 0 amide bonds. The van der Waals surface area contributed by atoms with Crippen molar-refractivity contribution in [2.45, 2.75) is 0 Å². The SMILES string of the molecule is [2H]c1c([2H])c([2H])c(-c2ccc3c(c2)c2ccccc2n3-c2nc(-c3ccc(-c4cccc5cccc(-c6ccc(F)cc6)c45)cc3)c3sc4ccccc4c3n2)c([2H])c1[2H]. The van der Waals surface area contributed by atoms with Crippen LogP contribution in [-0.2, 0) is 0 Å². The highest BCUT2D eigenvalue weighted by atomic mass is 32.1. The number of nitrogens with zero attached hydrogens (tertiary/aromatic N) is 3. The Balaban J connectivity index is 1.10. The molecule has 11 rings (SSSR count). The Bertz CT molecular complexity index is 3530. The molecule has 0 spiro atoms. The van der Waals surface area contributed by atoms with Gasteiger partial charge in [0.15, 0.2) is 0 Å². The Hall–Kier alpha value is -6.95. The number of hydrogen-bond acceptors (Lipinski definition) is 3. The van der Waals surface area contributed by atoms with Gasteiger partial charge in [0.2, 0.25) is 5.95 Å². The van der Waals surface area contributed by atoms with Crippen molar-refractivity contribution < 1.29 is 11.2 Å². The maximum Gasteiger partial charge on any atom is 0.235 e. The summed E-state index contributed by atoms with van der Waals surface area (Å²) >= 11 is 1.66. The van der Waals surface area contributed by atoms with E-state index in [-0.39, 0.29) is 35.6 Å². The molecular formula is C50H30FN3S. The topological polar surface area (TPSA) is 30.7 Å². The van der Waals surface area contributed by atoms with Gasteiger partial charge in [0, 0.05) is 26.4 Å². The van der Waals surface area contributed by atoms with Crippen LogP contribution in [0.2, 0.25) is 0 Å². The Morgan fingerprint density at radius 3 is 1.93 bits per heavy atom. The standard InChI is InChI=1S/C50H30FN3S/c51-37-27-24-33(25-28-37)39-17-9-13-34-12-8-16-38(46(34)39)32-20-22-35(23-21-32)47-49-48(41-15-5-7-19-45(41)55-49)53-50(52-47)54-43-18-6-4-14-40(43)42-30-36(26-29-44(42)54)31-10-2-1-3-11-31/h1-30H/i1D,2D,3D,10D,11D. The van der Waals surface area contributed by atoms with E-state index in [2.05, 4.69) is 66.7 Å². The molecule has 3 aromatic heterocycles. The van der Waals surface area contributed by atoms with Crippen LogP contribution in [0.4, 0.5) is 4.39 Å². The lowest BCUT2D eigenvalue weighted by molar-refractivity contribution is 0.628. The first-order valence-corrected chi connectivity index (χ1v) is 18.8. The van der Waals surface area contributed by atoms with Gasteiger partial charge < -0.3 is 0 Å². The highest BCUT2D eigenvalue weighted by Crippen LogP contribution is 2.42. The number of fused-ring (bicyclic) bond motifs is 7. The van der Waals surface area contributed by atoms with Crippen molar-refractivity contribution in [3.63, 3.8) is 0 Å². The molecular weight excluding hydrogens is 694 g/mol. The maximum atomic E-state index is 13.9. The predicted octanol–water partition coefficient (Wildman–Crippen LogP) is 13.9. The number of hydrogen-bond donors (Lipinski definition) is 0. The summed E-state index contributed by atoms with van der Waals surface area (Å²) in [7, 11) is 0. The zero-order valence-electron chi connectivity index (χ0n) is 34.1. The summed E-state index contributed by atoms with van der Waals surface area (Å²) in [4.78, 5) is 10.7. The second kappa shape index (κ2) is 12.6. The van der Waals surface area contributed by atoms with Crippen LogP contribution >= 0.6 is 11.3 Å². The minimum absolute atomic E-state index is 0.156. The maximum absolute atomic E-state index is 13.9. The van der Waals surface area contributed by atoms with Gasteiger partial charge in [-0.1, -0.05) is 145 Å². The van der Waals surface area contributed by atoms with E-state index in [9.17, 15) is 4.39 Å². The van der Waals surface area contributed by atoms with Crippen molar-refractivity contribution in [1.82, 2.24) is 14.5 Å². The molecule has 0 atom stereocenters. The molecule has 0 bridgehead atoms. The van der Waals surface area contributed by atoms with E-state index in [1.165, 1.54) is 12.1 Å². The van der Waals surface area contributed by atoms with Crippen LogP contribution < -0.4 is 0 Å². The summed E-state index contributed by atoms with van der Waals surface area (Å²) in [6, 6.07) is 47.9. The van der Waals surface area contributed by atoms with Gasteiger partial charge >= 0.3 is 0 Å². The second-order valence-corrected chi connectivity index (χ2v) is 14.6. The monoisotopic (exact) mass is 728 g/mol. The minimum atomic E-state index is -0.421. The average Bonchev–Trinajstić information content (AvgIpc) is 3.83. The van der Waals surface area contributed by atoms with Gasteiger partial charge in [-0.2, -0.15) is 0 Å². The average molecular weight is 729 g/mol. The Morgan fingerprint density at radius 1 is 0.527 bits per heavy atom. The van der Waals surface area contributed by atoms with E-state index in [1.54, 1.807) is 17.4 Å². The van der Waals surface area contributed by atoms with Crippen molar-refractivity contribution in [3.8, 4) is 50.6 Å². The van der Waals surface area contributed by atoms with Crippen molar-refractivity contribution >= 4 is 64.2 Å². The van der Waals surface area contributed by atoms with E-state index in [0.29, 0.717) is 11.5 Å². The van der Waals surface area contributed by atoms with Crippen LogP contribution in [0.25, 0.3) is 103 Å². The largest absolute Gasteiger partial charge is 0.278 e. The van der Waals surface area contributed by atoms with Crippen LogP contribution in [0, 0.1) is 5.82 Å². The van der Waals surface area contributed by atoms with Gasteiger partial charge in [-0.15, -0.1) is 11.3 Å². The first-order valence-electron chi connectivity index (χ1n) is 20.4. The van der Waals surface area contributed by atoms with Gasteiger partial charge in [0.1, 0.15) is 5.82 Å². The number of rotatable bonds is 5. The fraction of sp³-hybridized carbons (Fsp3) is 0. The van der Waals surface area contributed by atoms with Gasteiger partial charge in [-0.25, -0.2) is 14.4 Å². The van der Waals surface area contributed by atoms with Crippen LogP contribution in [0.1, 0.15) is 6.85 Å². The molecule has 11 aromatic rings. The molecule has 5 heteroatoms. The first kappa shape index (κ1) is 26.8. The molecule has 3 heterocycles. The molecule has 0 N–H and O–H groups in total. The van der Waals surface area contributed by atoms with Crippen LogP contribution in [0.15, 0.2) is 182 Å². The highest BCUT2D eigenvalue weighted by Gasteiger charge is 2.21. The number of thiophene rings is 1. The molecule has 55 heavy (non-hydrogen) atoms. The van der Waals surface area contributed by atoms with Crippen molar-refractivity contribution in [3.05, 3.63) is 188 Å². The molecule has 3 nitrogen and oxygen atoms in total. The van der Waals surface area contributed by atoms with Crippen LogP contribution in [0.5, 0.6) is 0 Å². The van der Waals surface area contributed by atoms with Crippen molar-refractivity contribution in [2.24, 2.45) is 0 Å². The molecule has 0 saturated heterocycles. The quantitative estimate of drug-likeness (QED) is 0.177. The van der Waals surface area contributed by atoms with E-state index in [0.717, 1.165) is 86.4 Å². The molecule has 0 radical (unpaired) electrons. The zero-order chi connectivity index (χ0) is 40.8. The predicted molar refractivity (Wildman–Crippen MR) is 228 cm³/mol. The summed E-state index contributed by atoms with van der Waals surface area (Å²) in [5, 5.41) is 4.98. The van der Waals surface area contributed by atoms with E-state index >= 15 is 0 Å². The van der Waals surface area contributed by atoms with Gasteiger partial charge in [0.25, 0.3) is 0 Å². The third-order valence-corrected chi connectivity index (χ3v) is 11.6. The van der Waals surface area contributed by atoms with Crippen LogP contribution in [-0.4, -0.2) is 14.5 Å². The molecule has 0 aliphatic heterocycles. The van der Waals surface area contributed by atoms with Crippen molar-refractivity contribution in [1.29, 1.82) is 0 Å². The number of halogens is 1. The molecule has 0 unspecified atom stereocenters. The van der Waals surface area contributed by atoms with Gasteiger partial charge in [0.05, 0.1) is 33.8 Å². The summed E-state index contributed by atoms with van der Waals surface area (Å²) in [6.07, 6.45) is 0. The lowest BCUT2D eigenvalue weighted by Crippen LogP contribution is -2.02. The van der Waals surface area contributed by atoms with Crippen molar-refractivity contribution in [2.75, 3.05) is 0 Å². The third kappa shape index (κ3) is 5.16. The molecule has 0 aliphatic carbocycles. The summed E-state index contributed by atoms with van der Waals surface area (Å²) in [5.74, 6) is 0.222. The number of benzene rings is 8. The fourth-order valence-corrected chi connectivity index (χ4v) is 9.03. The summed E-state index contributed by atoms with van der Waals surface area (Å²) in [6.45, 7) is 0. The normalized spacial score (nSPS) is 13.0. The van der Waals surface area contributed by atoms with E-state index in [4.69, 9.17) is 16.8 Å². The minimum Gasteiger partial charge on any atom is -0.278 e. The second-order valence-electron chi connectivity index (χ2n) is 13.5. The molecule has 0 aliphatic rings. The zero-order valence-corrected chi connectivity index (χ0v) is 29.9. The smallest absolute Gasteiger partial charge is 0.235 e. The molecule has 0 fully saturated rings. The van der Waals surface area contributed by atoms with Gasteiger partial charge in [-0.05, 0) is 80.6 Å². The number of aromatic nitrogens is 3. The summed E-state index contributed by atoms with van der Waals surface area (Å²) in [5.41, 5.74) is 9.05. The number of para-hydroxylation sites is 1. The highest BCUT2D eigenvalue weighted by molar-refractivity contribution is 7.26. The molecule has 8 aromatic carbocycles. The molecule has 258 valence electrons. The van der Waals surface area contributed by atoms with E-state index < -0.39 is 6.04 Å². The van der Waals surface area contributed by atoms with E-state index in [1.807, 2.05) is 71.3 Å².